The highest BCUT2D eigenvalue weighted by Gasteiger charge is 2.18. The van der Waals surface area contributed by atoms with Gasteiger partial charge in [-0.1, -0.05) is 141 Å². The van der Waals surface area contributed by atoms with Crippen LogP contribution in [0.15, 0.2) is 24.3 Å². The fraction of sp³-hybridized carbons (Fsp3) is 0.814. The Labute approximate surface area is 317 Å². The minimum Gasteiger partial charge on any atom is -0.480 e. The molecule has 0 aliphatic rings. The van der Waals surface area contributed by atoms with Crippen LogP contribution in [0, 0.1) is 0 Å². The van der Waals surface area contributed by atoms with Crippen LogP contribution in [0.1, 0.15) is 200 Å². The third kappa shape index (κ3) is 34.4. The topological polar surface area (TPSA) is 142 Å². The molecule has 0 fully saturated rings. The van der Waals surface area contributed by atoms with Gasteiger partial charge in [-0.2, -0.15) is 0 Å². The number of unbranched alkanes of at least 4 members (excludes halogenated alkanes) is 22. The van der Waals surface area contributed by atoms with E-state index in [0.29, 0.717) is 12.8 Å². The molecule has 9 nitrogen and oxygen atoms in total. The Kier molecular flexibility index (Phi) is 36.1. The molecule has 4 N–H and O–H groups in total. The number of aliphatic carboxylic acids is 1. The molecule has 2 amide bonds. The number of hydrogen-bond acceptors (Lipinski definition) is 6. The number of aliphatic hydroxyl groups excluding tert-OH is 1. The molecule has 0 rings (SSSR count). The van der Waals surface area contributed by atoms with Crippen molar-refractivity contribution in [3.63, 3.8) is 0 Å². The number of allylic oxidation sites excluding steroid dienone is 3. The maximum Gasteiger partial charge on any atom is 0.328 e. The number of amides is 2. The molecule has 0 aliphatic carbocycles. The van der Waals surface area contributed by atoms with Crippen molar-refractivity contribution in [3.8, 4) is 0 Å². The molecule has 2 unspecified atom stereocenters. The predicted octanol–water partition coefficient (Wildman–Crippen LogP) is 10.0. The monoisotopic (exact) mass is 735 g/mol. The first kappa shape index (κ1) is 49.3. The van der Waals surface area contributed by atoms with E-state index in [9.17, 15) is 19.2 Å². The van der Waals surface area contributed by atoms with E-state index in [0.717, 1.165) is 64.2 Å². The van der Waals surface area contributed by atoms with Gasteiger partial charge in [0.1, 0.15) is 12.1 Å². The molecule has 0 aliphatic heterocycles. The van der Waals surface area contributed by atoms with Crippen molar-refractivity contribution in [2.75, 3.05) is 13.2 Å². The van der Waals surface area contributed by atoms with Crippen LogP contribution >= 0.6 is 0 Å². The number of rotatable bonds is 38. The van der Waals surface area contributed by atoms with Gasteiger partial charge in [-0.05, 0) is 70.3 Å². The molecule has 0 heterocycles. The first-order valence-corrected chi connectivity index (χ1v) is 21.2. The molecular formula is C43H78N2O7. The van der Waals surface area contributed by atoms with Crippen LogP contribution in [0.5, 0.6) is 0 Å². The van der Waals surface area contributed by atoms with Crippen molar-refractivity contribution < 1.29 is 34.1 Å². The van der Waals surface area contributed by atoms with E-state index >= 15 is 0 Å². The third-order valence-corrected chi connectivity index (χ3v) is 9.41. The highest BCUT2D eigenvalue weighted by molar-refractivity contribution is 5.87. The first-order valence-electron chi connectivity index (χ1n) is 21.2. The molecule has 0 aromatic heterocycles. The minimum atomic E-state index is -1.39. The van der Waals surface area contributed by atoms with Gasteiger partial charge in [0.25, 0.3) is 0 Å². The van der Waals surface area contributed by atoms with Gasteiger partial charge in [0.05, 0.1) is 13.2 Å². The second-order valence-electron chi connectivity index (χ2n) is 14.4. The number of hydrogen-bond donors (Lipinski definition) is 4. The van der Waals surface area contributed by atoms with E-state index in [1.807, 2.05) is 0 Å². The van der Waals surface area contributed by atoms with Gasteiger partial charge >= 0.3 is 11.9 Å². The summed E-state index contributed by atoms with van der Waals surface area (Å²) in [4.78, 5) is 47.5. The summed E-state index contributed by atoms with van der Waals surface area (Å²) in [6.07, 6.45) is 40.7. The average Bonchev–Trinajstić information content (AvgIpc) is 3.13. The second kappa shape index (κ2) is 38.1. The van der Waals surface area contributed by atoms with Crippen LogP contribution in [0.3, 0.4) is 0 Å². The number of carbonyl (C=O) groups excluding carboxylic acids is 3. The van der Waals surface area contributed by atoms with Gasteiger partial charge in [0, 0.05) is 12.8 Å². The lowest BCUT2D eigenvalue weighted by Gasteiger charge is -2.15. The standard InChI is InChI=1S/C43H78N2O7/c1-3-5-7-9-11-13-14-15-16-17-18-19-21-23-25-31-35-42(49)52-38(32-28-24-22-20-12-10-8-6-4-2)33-29-26-27-30-34-40(47)44-36-41(48)45-39(37-46)43(50)51/h16-17,28,32,38-39,46H,3-15,18-27,29-31,33-37H2,1-2H3,(H,44,47)(H,45,48)(H,50,51)/b17-16-,32-28-. The summed E-state index contributed by atoms with van der Waals surface area (Å²) in [7, 11) is 0. The van der Waals surface area contributed by atoms with E-state index in [2.05, 4.69) is 48.8 Å². The van der Waals surface area contributed by atoms with Gasteiger partial charge in [-0.25, -0.2) is 4.79 Å². The van der Waals surface area contributed by atoms with Gasteiger partial charge in [0.2, 0.25) is 11.8 Å². The Balaban J connectivity index is 4.30. The normalized spacial score (nSPS) is 12.7. The van der Waals surface area contributed by atoms with E-state index in [-0.39, 0.29) is 30.9 Å². The second-order valence-corrected chi connectivity index (χ2v) is 14.4. The van der Waals surface area contributed by atoms with E-state index in [4.69, 9.17) is 14.9 Å². The Hall–Kier alpha value is -2.68. The van der Waals surface area contributed by atoms with Crippen molar-refractivity contribution in [1.29, 1.82) is 0 Å². The van der Waals surface area contributed by atoms with Crippen molar-refractivity contribution in [3.05, 3.63) is 24.3 Å². The van der Waals surface area contributed by atoms with Crippen molar-refractivity contribution in [2.45, 2.75) is 212 Å². The summed E-state index contributed by atoms with van der Waals surface area (Å²) in [5.74, 6) is -2.40. The molecule has 0 saturated heterocycles. The zero-order valence-corrected chi connectivity index (χ0v) is 33.3. The number of carbonyl (C=O) groups is 4. The fourth-order valence-corrected chi connectivity index (χ4v) is 6.09. The van der Waals surface area contributed by atoms with Crippen molar-refractivity contribution in [2.24, 2.45) is 0 Å². The summed E-state index contributed by atoms with van der Waals surface area (Å²) < 4.78 is 5.91. The molecule has 2 atom stereocenters. The summed E-state index contributed by atoms with van der Waals surface area (Å²) in [6.45, 7) is 3.44. The molecule has 0 bridgehead atoms. The van der Waals surface area contributed by atoms with Crippen LogP contribution in [0.2, 0.25) is 0 Å². The number of carboxylic acids is 1. The first-order chi connectivity index (χ1) is 25.3. The number of carboxylic acid groups (broad SMARTS) is 1. The number of aliphatic hydroxyl groups is 1. The lowest BCUT2D eigenvalue weighted by atomic mass is 10.1. The molecular weight excluding hydrogens is 656 g/mol. The third-order valence-electron chi connectivity index (χ3n) is 9.41. The molecule has 0 spiro atoms. The fourth-order valence-electron chi connectivity index (χ4n) is 6.09. The Morgan fingerprint density at radius 3 is 1.56 bits per heavy atom. The zero-order chi connectivity index (χ0) is 38.3. The van der Waals surface area contributed by atoms with Gasteiger partial charge in [0.15, 0.2) is 0 Å². The summed E-state index contributed by atoms with van der Waals surface area (Å²) in [6, 6.07) is -1.39. The predicted molar refractivity (Wildman–Crippen MR) is 213 cm³/mol. The molecule has 9 heteroatoms. The van der Waals surface area contributed by atoms with E-state index in [1.165, 1.54) is 103 Å². The SMILES string of the molecule is CCCCCCCCC/C=C\CCCCCCCC(=O)OC(/C=C\CCCCCCCCC)CCCCCCC(=O)NCC(=O)NC(CO)C(=O)O. The van der Waals surface area contributed by atoms with Crippen LogP contribution in [-0.4, -0.2) is 59.3 Å². The Morgan fingerprint density at radius 1 is 0.577 bits per heavy atom. The molecule has 0 aromatic carbocycles. The van der Waals surface area contributed by atoms with Crippen LogP contribution in [0.4, 0.5) is 0 Å². The number of esters is 1. The maximum atomic E-state index is 12.7. The van der Waals surface area contributed by atoms with Crippen LogP contribution in [0.25, 0.3) is 0 Å². The molecule has 52 heavy (non-hydrogen) atoms. The van der Waals surface area contributed by atoms with Crippen molar-refractivity contribution in [1.82, 2.24) is 10.6 Å². The lowest BCUT2D eigenvalue weighted by Crippen LogP contribution is -2.47. The molecule has 0 radical (unpaired) electrons. The van der Waals surface area contributed by atoms with Crippen LogP contribution < -0.4 is 10.6 Å². The maximum absolute atomic E-state index is 12.7. The largest absolute Gasteiger partial charge is 0.480 e. The van der Waals surface area contributed by atoms with Gasteiger partial charge in [-0.15, -0.1) is 0 Å². The summed E-state index contributed by atoms with van der Waals surface area (Å²) in [5, 5.41) is 22.5. The lowest BCUT2D eigenvalue weighted by molar-refractivity contribution is -0.147. The summed E-state index contributed by atoms with van der Waals surface area (Å²) >= 11 is 0. The van der Waals surface area contributed by atoms with Crippen molar-refractivity contribution >= 4 is 23.8 Å². The number of ether oxygens (including phenoxy) is 1. The highest BCUT2D eigenvalue weighted by Crippen LogP contribution is 2.15. The average molecular weight is 735 g/mol. The van der Waals surface area contributed by atoms with Crippen LogP contribution in [-0.2, 0) is 23.9 Å². The van der Waals surface area contributed by atoms with E-state index < -0.39 is 24.5 Å². The summed E-state index contributed by atoms with van der Waals surface area (Å²) in [5.41, 5.74) is 0. The minimum absolute atomic E-state index is 0.117. The molecule has 0 aromatic rings. The van der Waals surface area contributed by atoms with E-state index in [1.54, 1.807) is 0 Å². The number of nitrogens with one attached hydrogen (secondary N) is 2. The van der Waals surface area contributed by atoms with Gasteiger partial charge < -0.3 is 25.6 Å². The Bertz CT molecular complexity index is 936. The highest BCUT2D eigenvalue weighted by atomic mass is 16.5. The molecule has 0 saturated carbocycles. The zero-order valence-electron chi connectivity index (χ0n) is 33.3. The quantitative estimate of drug-likeness (QED) is 0.0281. The molecule has 302 valence electrons. The smallest absolute Gasteiger partial charge is 0.328 e. The van der Waals surface area contributed by atoms with Gasteiger partial charge in [-0.3, -0.25) is 14.4 Å². The Morgan fingerprint density at radius 2 is 1.04 bits per heavy atom.